The molecule has 0 aromatic carbocycles. The van der Waals surface area contributed by atoms with E-state index in [9.17, 15) is 24.9 Å². The number of nitrogens with zero attached hydrogens (tertiary/aromatic N) is 1. The summed E-state index contributed by atoms with van der Waals surface area (Å²) in [5.74, 6) is 1.93. The molecule has 6 rings (SSSR count). The Balaban J connectivity index is 1.57. The summed E-state index contributed by atoms with van der Waals surface area (Å²) in [6.45, 7) is -0.464. The number of aliphatic hydroxyl groups excluding tert-OH is 3. The van der Waals surface area contributed by atoms with Crippen molar-refractivity contribution >= 4 is 0 Å². The number of aromatic nitrogens is 2. The van der Waals surface area contributed by atoms with Gasteiger partial charge in [-0.25, -0.2) is 4.79 Å². The predicted octanol–water partition coefficient (Wildman–Crippen LogP) is -0.384. The molecule has 4 aliphatic carbocycles. The van der Waals surface area contributed by atoms with Crippen molar-refractivity contribution in [3.63, 3.8) is 0 Å². The Bertz CT molecular complexity index is 825. The van der Waals surface area contributed by atoms with E-state index in [1.54, 1.807) is 0 Å². The third-order valence-electron chi connectivity index (χ3n) is 7.37. The number of nitrogens with one attached hydrogen (secondary N) is 1. The summed E-state index contributed by atoms with van der Waals surface area (Å²) >= 11 is 0. The lowest BCUT2D eigenvalue weighted by Crippen LogP contribution is -2.52. The van der Waals surface area contributed by atoms with Gasteiger partial charge in [-0.05, 0) is 56.3 Å². The Kier molecular flexibility index (Phi) is 3.92. The number of rotatable bonds is 3. The molecule has 4 N–H and O–H groups in total. The molecule has 4 bridgehead atoms. The average Bonchev–Trinajstić information content (AvgIpc) is 2.88. The minimum atomic E-state index is -1.35. The SMILES string of the molecule is O=c1[nH]c(=O)n([C@@H]2O[C@H](CO)[C@@H](O)[C@H]2O)cc1C12CC3CC(CC(C3)C1)C2. The van der Waals surface area contributed by atoms with Crippen molar-refractivity contribution in [1.82, 2.24) is 9.55 Å². The van der Waals surface area contributed by atoms with Crippen LogP contribution < -0.4 is 11.2 Å². The number of ether oxygens (including phenoxy) is 1. The van der Waals surface area contributed by atoms with E-state index in [4.69, 9.17) is 4.74 Å². The first kappa shape index (κ1) is 17.6. The third-order valence-corrected chi connectivity index (χ3v) is 7.37. The smallest absolute Gasteiger partial charge is 0.330 e. The summed E-state index contributed by atoms with van der Waals surface area (Å²) in [6.07, 6.45) is 3.43. The Hall–Kier alpha value is -1.48. The number of aliphatic hydroxyl groups is 3. The molecule has 5 fully saturated rings. The second-order valence-electron chi connectivity index (χ2n) is 9.14. The van der Waals surface area contributed by atoms with E-state index in [0.717, 1.165) is 19.3 Å². The minimum Gasteiger partial charge on any atom is -0.394 e. The van der Waals surface area contributed by atoms with Gasteiger partial charge in [0.05, 0.1) is 6.61 Å². The summed E-state index contributed by atoms with van der Waals surface area (Å²) in [6, 6.07) is 0. The van der Waals surface area contributed by atoms with Crippen LogP contribution in [0.2, 0.25) is 0 Å². The maximum absolute atomic E-state index is 12.7. The van der Waals surface area contributed by atoms with Gasteiger partial charge in [-0.15, -0.1) is 0 Å². The first-order valence-electron chi connectivity index (χ1n) is 9.88. The highest BCUT2D eigenvalue weighted by Crippen LogP contribution is 2.60. The van der Waals surface area contributed by atoms with Gasteiger partial charge in [-0.3, -0.25) is 14.3 Å². The molecular formula is C19H26N2O6. The van der Waals surface area contributed by atoms with E-state index in [-0.39, 0.29) is 11.0 Å². The monoisotopic (exact) mass is 378 g/mol. The topological polar surface area (TPSA) is 125 Å². The zero-order chi connectivity index (χ0) is 18.9. The first-order valence-corrected chi connectivity index (χ1v) is 9.88. The minimum absolute atomic E-state index is 0.212. The lowest BCUT2D eigenvalue weighted by molar-refractivity contribution is -0.0559. The van der Waals surface area contributed by atoms with Gasteiger partial charge in [0.25, 0.3) is 5.56 Å². The van der Waals surface area contributed by atoms with Crippen LogP contribution in [0.3, 0.4) is 0 Å². The maximum atomic E-state index is 12.7. The Morgan fingerprint density at radius 3 is 2.19 bits per heavy atom. The van der Waals surface area contributed by atoms with Crippen LogP contribution >= 0.6 is 0 Å². The van der Waals surface area contributed by atoms with Crippen molar-refractivity contribution < 1.29 is 20.1 Å². The van der Waals surface area contributed by atoms with Crippen LogP contribution in [0.4, 0.5) is 0 Å². The molecule has 1 aromatic rings. The molecule has 5 aliphatic rings. The Labute approximate surface area is 155 Å². The molecule has 0 spiro atoms. The predicted molar refractivity (Wildman–Crippen MR) is 94.2 cm³/mol. The van der Waals surface area contributed by atoms with Crippen molar-refractivity contribution in [3.8, 4) is 0 Å². The normalized spacial score (nSPS) is 45.5. The van der Waals surface area contributed by atoms with Crippen molar-refractivity contribution in [3.05, 3.63) is 32.6 Å². The van der Waals surface area contributed by atoms with Gasteiger partial charge < -0.3 is 20.1 Å². The van der Waals surface area contributed by atoms with Gasteiger partial charge >= 0.3 is 5.69 Å². The largest absolute Gasteiger partial charge is 0.394 e. The van der Waals surface area contributed by atoms with Crippen molar-refractivity contribution in [2.45, 2.75) is 68.5 Å². The number of hydrogen-bond acceptors (Lipinski definition) is 6. The Morgan fingerprint density at radius 2 is 1.67 bits per heavy atom. The second-order valence-corrected chi connectivity index (χ2v) is 9.14. The van der Waals surface area contributed by atoms with Gasteiger partial charge in [-0.2, -0.15) is 0 Å². The van der Waals surface area contributed by atoms with Gasteiger partial charge in [0, 0.05) is 17.2 Å². The zero-order valence-corrected chi connectivity index (χ0v) is 15.1. The molecule has 8 heteroatoms. The molecule has 148 valence electrons. The first-order chi connectivity index (χ1) is 12.9. The van der Waals surface area contributed by atoms with Crippen LogP contribution in [0.15, 0.2) is 15.8 Å². The van der Waals surface area contributed by atoms with E-state index in [2.05, 4.69) is 4.98 Å². The van der Waals surface area contributed by atoms with E-state index < -0.39 is 36.8 Å². The van der Waals surface area contributed by atoms with Gasteiger partial charge in [-0.1, -0.05) is 0 Å². The van der Waals surface area contributed by atoms with Gasteiger partial charge in [0.2, 0.25) is 0 Å². The van der Waals surface area contributed by atoms with E-state index in [1.807, 2.05) is 0 Å². The van der Waals surface area contributed by atoms with E-state index in [1.165, 1.54) is 30.0 Å². The average molecular weight is 378 g/mol. The standard InChI is InChI=1S/C19H26N2O6/c22-8-13-14(23)15(24)17(27-13)21-7-12(16(25)20-18(21)26)19-4-9-1-10(5-19)3-11(2-9)6-19/h7,9-11,13-15,17,22-24H,1-6,8H2,(H,20,25,26)/t9?,10?,11?,13-,14-,15-,17-,19?/m1/s1. The lowest BCUT2D eigenvalue weighted by atomic mass is 9.48. The molecular weight excluding hydrogens is 352 g/mol. The molecule has 0 radical (unpaired) electrons. The molecule has 4 saturated carbocycles. The third kappa shape index (κ3) is 2.57. The highest BCUT2D eigenvalue weighted by atomic mass is 16.6. The summed E-state index contributed by atoms with van der Waals surface area (Å²) in [4.78, 5) is 27.5. The van der Waals surface area contributed by atoms with Crippen molar-refractivity contribution in [1.29, 1.82) is 0 Å². The Morgan fingerprint density at radius 1 is 1.07 bits per heavy atom. The van der Waals surface area contributed by atoms with Crippen LogP contribution in [0.25, 0.3) is 0 Å². The molecule has 0 unspecified atom stereocenters. The second kappa shape index (κ2) is 6.01. The van der Waals surface area contributed by atoms with E-state index >= 15 is 0 Å². The van der Waals surface area contributed by atoms with Crippen molar-refractivity contribution in [2.24, 2.45) is 17.8 Å². The summed E-state index contributed by atoms with van der Waals surface area (Å²) in [5, 5.41) is 29.6. The fourth-order valence-electron chi connectivity index (χ4n) is 6.60. The molecule has 8 nitrogen and oxygen atoms in total. The number of H-pyrrole nitrogens is 1. The molecule has 27 heavy (non-hydrogen) atoms. The van der Waals surface area contributed by atoms with Crippen LogP contribution in [-0.2, 0) is 10.2 Å². The molecule has 0 amide bonds. The highest BCUT2D eigenvalue weighted by molar-refractivity contribution is 5.25. The van der Waals surface area contributed by atoms with Crippen LogP contribution in [0.5, 0.6) is 0 Å². The fraction of sp³-hybridized carbons (Fsp3) is 0.789. The molecule has 1 aliphatic heterocycles. The number of aromatic amines is 1. The quantitative estimate of drug-likeness (QED) is 0.568. The van der Waals surface area contributed by atoms with Crippen LogP contribution in [0.1, 0.15) is 50.3 Å². The summed E-state index contributed by atoms with van der Waals surface area (Å²) < 4.78 is 6.69. The number of hydrogen-bond donors (Lipinski definition) is 4. The fourth-order valence-corrected chi connectivity index (χ4v) is 6.60. The molecule has 4 atom stereocenters. The summed E-state index contributed by atoms with van der Waals surface area (Å²) in [5.41, 5.74) is -0.650. The van der Waals surface area contributed by atoms with E-state index in [0.29, 0.717) is 23.3 Å². The molecule has 1 saturated heterocycles. The molecule has 2 heterocycles. The van der Waals surface area contributed by atoms with Crippen LogP contribution in [0, 0.1) is 17.8 Å². The molecule has 1 aromatic heterocycles. The zero-order valence-electron chi connectivity index (χ0n) is 15.1. The summed E-state index contributed by atoms with van der Waals surface area (Å²) in [7, 11) is 0. The van der Waals surface area contributed by atoms with Crippen LogP contribution in [-0.4, -0.2) is 49.8 Å². The van der Waals surface area contributed by atoms with Crippen molar-refractivity contribution in [2.75, 3.05) is 6.61 Å². The highest BCUT2D eigenvalue weighted by Gasteiger charge is 2.53. The van der Waals surface area contributed by atoms with Gasteiger partial charge in [0.15, 0.2) is 6.23 Å². The lowest BCUT2D eigenvalue weighted by Gasteiger charge is -2.56. The van der Waals surface area contributed by atoms with Gasteiger partial charge in [0.1, 0.15) is 18.3 Å². The maximum Gasteiger partial charge on any atom is 0.330 e.